The normalized spacial score (nSPS) is 29.8. The number of carbonyl (C=O) groups is 2. The van der Waals surface area contributed by atoms with Crippen molar-refractivity contribution in [1.29, 1.82) is 0 Å². The Bertz CT molecular complexity index is 1100. The molecule has 4 aliphatic carbocycles. The predicted molar refractivity (Wildman–Crippen MR) is 121 cm³/mol. The summed E-state index contributed by atoms with van der Waals surface area (Å²) in [6, 6.07) is 4.19. The summed E-state index contributed by atoms with van der Waals surface area (Å²) in [5.41, 5.74) is 5.62. The second-order valence-corrected chi connectivity index (χ2v) is 10.5. The van der Waals surface area contributed by atoms with Crippen LogP contribution in [0.15, 0.2) is 29.2 Å². The van der Waals surface area contributed by atoms with Crippen LogP contribution >= 0.6 is 11.6 Å². The summed E-state index contributed by atoms with van der Waals surface area (Å²) in [7, 11) is 0. The first kappa shape index (κ1) is 20.6. The van der Waals surface area contributed by atoms with Crippen LogP contribution in [0.1, 0.15) is 57.9 Å². The van der Waals surface area contributed by atoms with Gasteiger partial charge in [-0.15, -0.1) is 0 Å². The van der Waals surface area contributed by atoms with E-state index in [4.69, 9.17) is 17.3 Å². The van der Waals surface area contributed by atoms with Crippen molar-refractivity contribution in [2.75, 3.05) is 5.32 Å². The summed E-state index contributed by atoms with van der Waals surface area (Å²) in [6.07, 6.45) is 9.54. The SMILES string of the molecule is C[C@@H](C(N)=O)n1ccc2c(NC(=O)CC34CC5CC(CC(C5)C3)C4)c(Cl)ccc2c1=O. The summed E-state index contributed by atoms with van der Waals surface area (Å²) >= 11 is 6.43. The van der Waals surface area contributed by atoms with E-state index in [9.17, 15) is 14.4 Å². The highest BCUT2D eigenvalue weighted by molar-refractivity contribution is 6.35. The van der Waals surface area contributed by atoms with Crippen molar-refractivity contribution in [1.82, 2.24) is 4.57 Å². The Kier molecular flexibility index (Phi) is 4.88. The van der Waals surface area contributed by atoms with Crippen molar-refractivity contribution in [2.24, 2.45) is 28.9 Å². The van der Waals surface area contributed by atoms with Crippen LogP contribution in [0.5, 0.6) is 0 Å². The molecular formula is C24H28ClN3O3. The first-order valence-electron chi connectivity index (χ1n) is 11.2. The van der Waals surface area contributed by atoms with E-state index in [2.05, 4.69) is 5.32 Å². The molecule has 0 unspecified atom stereocenters. The van der Waals surface area contributed by atoms with Gasteiger partial charge >= 0.3 is 0 Å². The lowest BCUT2D eigenvalue weighted by Gasteiger charge is -2.56. The van der Waals surface area contributed by atoms with Gasteiger partial charge in [0.2, 0.25) is 11.8 Å². The lowest BCUT2D eigenvalue weighted by molar-refractivity contribution is -0.124. The maximum absolute atomic E-state index is 13.1. The van der Waals surface area contributed by atoms with Gasteiger partial charge in [-0.05, 0) is 86.8 Å². The Labute approximate surface area is 186 Å². The molecule has 6 nitrogen and oxygen atoms in total. The third kappa shape index (κ3) is 3.55. The number of amides is 2. The van der Waals surface area contributed by atoms with Crippen molar-refractivity contribution < 1.29 is 9.59 Å². The quantitative estimate of drug-likeness (QED) is 0.726. The second kappa shape index (κ2) is 7.37. The van der Waals surface area contributed by atoms with E-state index in [1.807, 2.05) is 0 Å². The van der Waals surface area contributed by atoms with Gasteiger partial charge in [0.1, 0.15) is 6.04 Å². The number of rotatable bonds is 5. The molecule has 7 heteroatoms. The number of benzene rings is 1. The van der Waals surface area contributed by atoms with Crippen molar-refractivity contribution in [3.63, 3.8) is 0 Å². The molecule has 1 atom stereocenters. The van der Waals surface area contributed by atoms with Gasteiger partial charge in [-0.1, -0.05) is 11.6 Å². The molecule has 4 fully saturated rings. The van der Waals surface area contributed by atoms with Gasteiger partial charge in [-0.3, -0.25) is 14.4 Å². The van der Waals surface area contributed by atoms with Gasteiger partial charge < -0.3 is 15.6 Å². The smallest absolute Gasteiger partial charge is 0.259 e. The topological polar surface area (TPSA) is 94.2 Å². The van der Waals surface area contributed by atoms with Crippen LogP contribution in [0, 0.1) is 23.2 Å². The minimum absolute atomic E-state index is 0.0361. The minimum atomic E-state index is -0.762. The minimum Gasteiger partial charge on any atom is -0.368 e. The van der Waals surface area contributed by atoms with Gasteiger partial charge in [-0.2, -0.15) is 0 Å². The molecule has 2 aromatic rings. The highest BCUT2D eigenvalue weighted by Gasteiger charge is 2.51. The molecule has 0 radical (unpaired) electrons. The van der Waals surface area contributed by atoms with Crippen LogP contribution in [-0.4, -0.2) is 16.4 Å². The Hall–Kier alpha value is -2.34. The molecule has 0 spiro atoms. The Morgan fingerprint density at radius 3 is 2.32 bits per heavy atom. The number of halogens is 1. The number of fused-ring (bicyclic) bond motifs is 1. The molecular weight excluding hydrogens is 414 g/mol. The number of hydrogen-bond donors (Lipinski definition) is 2. The molecule has 3 N–H and O–H groups in total. The van der Waals surface area contributed by atoms with Gasteiger partial charge in [0.15, 0.2) is 0 Å². The summed E-state index contributed by atoms with van der Waals surface area (Å²) < 4.78 is 1.31. The van der Waals surface area contributed by atoms with E-state index in [-0.39, 0.29) is 16.9 Å². The molecule has 31 heavy (non-hydrogen) atoms. The highest BCUT2D eigenvalue weighted by atomic mass is 35.5. The van der Waals surface area contributed by atoms with Gasteiger partial charge in [0, 0.05) is 23.4 Å². The molecule has 4 bridgehead atoms. The van der Waals surface area contributed by atoms with Crippen molar-refractivity contribution >= 4 is 39.9 Å². The number of nitrogens with zero attached hydrogens (tertiary/aromatic N) is 1. The number of carbonyl (C=O) groups excluding carboxylic acids is 2. The van der Waals surface area contributed by atoms with Gasteiger partial charge in [0.25, 0.3) is 5.56 Å². The zero-order valence-electron chi connectivity index (χ0n) is 17.7. The van der Waals surface area contributed by atoms with Crippen LogP contribution in [0.25, 0.3) is 10.8 Å². The van der Waals surface area contributed by atoms with E-state index < -0.39 is 11.9 Å². The highest BCUT2D eigenvalue weighted by Crippen LogP contribution is 2.61. The molecule has 1 aromatic carbocycles. The molecule has 0 aliphatic heterocycles. The van der Waals surface area contributed by atoms with Gasteiger partial charge in [0.05, 0.1) is 10.7 Å². The first-order valence-corrected chi connectivity index (χ1v) is 11.5. The molecule has 164 valence electrons. The number of primary amides is 1. The average molecular weight is 442 g/mol. The number of anilines is 1. The average Bonchev–Trinajstić information content (AvgIpc) is 2.68. The zero-order valence-corrected chi connectivity index (χ0v) is 18.5. The maximum Gasteiger partial charge on any atom is 0.259 e. The van der Waals surface area contributed by atoms with Crippen LogP contribution in [0.3, 0.4) is 0 Å². The summed E-state index contributed by atoms with van der Waals surface area (Å²) in [5.74, 6) is 1.73. The fraction of sp³-hybridized carbons (Fsp3) is 0.542. The largest absolute Gasteiger partial charge is 0.368 e. The third-order valence-corrected chi connectivity index (χ3v) is 8.17. The maximum atomic E-state index is 13.1. The van der Waals surface area contributed by atoms with Gasteiger partial charge in [-0.25, -0.2) is 0 Å². The van der Waals surface area contributed by atoms with E-state index in [1.165, 1.54) is 30.0 Å². The van der Waals surface area contributed by atoms with Crippen molar-refractivity contribution in [3.05, 3.63) is 39.8 Å². The molecule has 4 aliphatic rings. The number of hydrogen-bond acceptors (Lipinski definition) is 3. The Balaban J connectivity index is 1.43. The monoisotopic (exact) mass is 441 g/mol. The molecule has 2 amide bonds. The second-order valence-electron chi connectivity index (χ2n) is 10.1. The van der Waals surface area contributed by atoms with Crippen LogP contribution in [0.4, 0.5) is 5.69 Å². The molecule has 4 saturated carbocycles. The van der Waals surface area contributed by atoms with Crippen LogP contribution in [-0.2, 0) is 9.59 Å². The molecule has 1 aromatic heterocycles. The van der Waals surface area contributed by atoms with E-state index in [0.29, 0.717) is 27.9 Å². The number of aromatic nitrogens is 1. The van der Waals surface area contributed by atoms with Crippen molar-refractivity contribution in [2.45, 2.75) is 57.9 Å². The van der Waals surface area contributed by atoms with Crippen molar-refractivity contribution in [3.8, 4) is 0 Å². The number of pyridine rings is 1. The molecule has 6 rings (SSSR count). The lowest BCUT2D eigenvalue weighted by atomic mass is 9.49. The Morgan fingerprint density at radius 1 is 1.13 bits per heavy atom. The summed E-state index contributed by atoms with van der Waals surface area (Å²) in [4.78, 5) is 37.6. The molecule has 1 heterocycles. The van der Waals surface area contributed by atoms with E-state index in [0.717, 1.165) is 37.0 Å². The van der Waals surface area contributed by atoms with E-state index >= 15 is 0 Å². The van der Waals surface area contributed by atoms with E-state index in [1.54, 1.807) is 25.1 Å². The fourth-order valence-electron chi connectivity index (χ4n) is 6.91. The number of nitrogens with one attached hydrogen (secondary N) is 1. The predicted octanol–water partition coefficient (Wildman–Crippen LogP) is 4.25. The van der Waals surface area contributed by atoms with Crippen LogP contribution < -0.4 is 16.6 Å². The fourth-order valence-corrected chi connectivity index (χ4v) is 7.13. The standard InChI is InChI=1S/C24H28ClN3O3/c1-13(22(26)30)28-5-4-17-18(23(28)31)2-3-19(25)21(17)27-20(29)12-24-9-14-6-15(10-24)8-16(7-14)11-24/h2-5,13-16H,6-12H2,1H3,(H2,26,30)(H,27,29)/t13-,14?,15?,16?,24?/m0/s1. The number of nitrogens with two attached hydrogens (primary N) is 1. The lowest BCUT2D eigenvalue weighted by Crippen LogP contribution is -2.47. The Morgan fingerprint density at radius 2 is 1.74 bits per heavy atom. The molecule has 0 saturated heterocycles. The van der Waals surface area contributed by atoms with Crippen LogP contribution in [0.2, 0.25) is 5.02 Å². The summed E-state index contributed by atoms with van der Waals surface area (Å²) in [6.45, 7) is 1.58. The summed E-state index contributed by atoms with van der Waals surface area (Å²) in [5, 5.41) is 4.38. The first-order chi connectivity index (χ1) is 14.7. The zero-order chi connectivity index (χ0) is 21.9. The third-order valence-electron chi connectivity index (χ3n) is 7.86.